The SMILES string of the molecule is Cc1cc(F)ccc1NC(=O)C(=O)NCc1ccccc1CO. The lowest BCUT2D eigenvalue weighted by Crippen LogP contribution is -2.35. The van der Waals surface area contributed by atoms with Gasteiger partial charge in [-0.3, -0.25) is 9.59 Å². The number of aliphatic hydroxyl groups is 1. The molecule has 0 unspecified atom stereocenters. The van der Waals surface area contributed by atoms with Crippen LogP contribution in [-0.2, 0) is 22.7 Å². The third-order valence-electron chi connectivity index (χ3n) is 3.37. The van der Waals surface area contributed by atoms with Gasteiger partial charge in [-0.25, -0.2) is 4.39 Å². The van der Waals surface area contributed by atoms with Crippen LogP contribution in [0.25, 0.3) is 0 Å². The molecule has 2 amide bonds. The normalized spacial score (nSPS) is 10.2. The lowest BCUT2D eigenvalue weighted by Gasteiger charge is -2.10. The highest BCUT2D eigenvalue weighted by Gasteiger charge is 2.15. The molecular weight excluding hydrogens is 299 g/mol. The Labute approximate surface area is 133 Å². The third kappa shape index (κ3) is 4.37. The zero-order valence-corrected chi connectivity index (χ0v) is 12.6. The maximum absolute atomic E-state index is 13.0. The number of benzene rings is 2. The van der Waals surface area contributed by atoms with Gasteiger partial charge in [0.05, 0.1) is 6.61 Å². The Hall–Kier alpha value is -2.73. The predicted molar refractivity (Wildman–Crippen MR) is 84.0 cm³/mol. The van der Waals surface area contributed by atoms with Crippen molar-refractivity contribution in [2.75, 3.05) is 5.32 Å². The van der Waals surface area contributed by atoms with Crippen molar-refractivity contribution in [2.45, 2.75) is 20.1 Å². The van der Waals surface area contributed by atoms with Crippen LogP contribution in [0.2, 0.25) is 0 Å². The molecule has 6 heteroatoms. The van der Waals surface area contributed by atoms with Gasteiger partial charge < -0.3 is 15.7 Å². The second-order valence-electron chi connectivity index (χ2n) is 5.02. The standard InChI is InChI=1S/C17H17FN2O3/c1-11-8-14(18)6-7-15(11)20-17(23)16(22)19-9-12-4-2-3-5-13(12)10-21/h2-8,21H,9-10H2,1H3,(H,19,22)(H,20,23). The Bertz CT molecular complexity index is 732. The van der Waals surface area contributed by atoms with Crippen LogP contribution in [0.1, 0.15) is 16.7 Å². The van der Waals surface area contributed by atoms with Gasteiger partial charge in [0.2, 0.25) is 0 Å². The average Bonchev–Trinajstić information content (AvgIpc) is 2.55. The van der Waals surface area contributed by atoms with Gasteiger partial charge in [0.25, 0.3) is 0 Å². The van der Waals surface area contributed by atoms with Gasteiger partial charge in [-0.15, -0.1) is 0 Å². The van der Waals surface area contributed by atoms with Crippen LogP contribution in [0.4, 0.5) is 10.1 Å². The van der Waals surface area contributed by atoms with Gasteiger partial charge in [0.15, 0.2) is 0 Å². The fraction of sp³-hybridized carbons (Fsp3) is 0.176. The molecule has 0 saturated heterocycles. The number of rotatable bonds is 4. The van der Waals surface area contributed by atoms with E-state index in [1.807, 2.05) is 0 Å². The largest absolute Gasteiger partial charge is 0.392 e. The van der Waals surface area contributed by atoms with E-state index in [1.165, 1.54) is 18.2 Å². The second-order valence-corrected chi connectivity index (χ2v) is 5.02. The van der Waals surface area contributed by atoms with Gasteiger partial charge in [-0.05, 0) is 41.8 Å². The molecule has 5 nitrogen and oxygen atoms in total. The molecule has 0 fully saturated rings. The Morgan fingerprint density at radius 2 is 1.78 bits per heavy atom. The molecule has 0 aliphatic heterocycles. The predicted octanol–water partition coefficient (Wildman–Crippen LogP) is 1.88. The molecule has 120 valence electrons. The van der Waals surface area contributed by atoms with Gasteiger partial charge >= 0.3 is 11.8 Å². The van der Waals surface area contributed by atoms with Crippen molar-refractivity contribution in [3.63, 3.8) is 0 Å². The Kier molecular flexibility index (Phi) is 5.43. The van der Waals surface area contributed by atoms with Crippen molar-refractivity contribution < 1.29 is 19.1 Å². The summed E-state index contributed by atoms with van der Waals surface area (Å²) in [7, 11) is 0. The first-order chi connectivity index (χ1) is 11.0. The maximum atomic E-state index is 13.0. The van der Waals surface area contributed by atoms with E-state index in [2.05, 4.69) is 10.6 Å². The summed E-state index contributed by atoms with van der Waals surface area (Å²) < 4.78 is 13.0. The van der Waals surface area contributed by atoms with Gasteiger partial charge in [0.1, 0.15) is 5.82 Å². The van der Waals surface area contributed by atoms with E-state index in [0.29, 0.717) is 16.8 Å². The van der Waals surface area contributed by atoms with Crippen molar-refractivity contribution in [3.05, 3.63) is 65.0 Å². The quantitative estimate of drug-likeness (QED) is 0.754. The summed E-state index contributed by atoms with van der Waals surface area (Å²) in [6.45, 7) is 1.62. The van der Waals surface area contributed by atoms with Crippen LogP contribution in [0.15, 0.2) is 42.5 Å². The first-order valence-corrected chi connectivity index (χ1v) is 7.04. The van der Waals surface area contributed by atoms with Crippen LogP contribution in [0.5, 0.6) is 0 Å². The van der Waals surface area contributed by atoms with E-state index in [-0.39, 0.29) is 13.2 Å². The highest BCUT2D eigenvalue weighted by molar-refractivity contribution is 6.39. The van der Waals surface area contributed by atoms with Crippen LogP contribution < -0.4 is 10.6 Å². The van der Waals surface area contributed by atoms with E-state index < -0.39 is 17.6 Å². The van der Waals surface area contributed by atoms with Crippen molar-refractivity contribution in [1.82, 2.24) is 5.32 Å². The molecule has 0 aromatic heterocycles. The molecule has 0 atom stereocenters. The summed E-state index contributed by atoms with van der Waals surface area (Å²) in [6, 6.07) is 10.9. The lowest BCUT2D eigenvalue weighted by atomic mass is 10.1. The van der Waals surface area contributed by atoms with Crippen LogP contribution in [-0.4, -0.2) is 16.9 Å². The maximum Gasteiger partial charge on any atom is 0.313 e. The number of carbonyl (C=O) groups excluding carboxylic acids is 2. The molecule has 0 heterocycles. The van der Waals surface area contributed by atoms with E-state index in [4.69, 9.17) is 0 Å². The summed E-state index contributed by atoms with van der Waals surface area (Å²) in [6.07, 6.45) is 0. The molecule has 2 aromatic carbocycles. The average molecular weight is 316 g/mol. The molecule has 0 bridgehead atoms. The molecule has 0 saturated carbocycles. The van der Waals surface area contributed by atoms with E-state index in [1.54, 1.807) is 31.2 Å². The number of carbonyl (C=O) groups is 2. The summed E-state index contributed by atoms with van der Waals surface area (Å²) in [4.78, 5) is 23.7. The molecule has 2 aromatic rings. The smallest absolute Gasteiger partial charge is 0.313 e. The Balaban J connectivity index is 1.96. The monoisotopic (exact) mass is 316 g/mol. The molecule has 2 rings (SSSR count). The minimum atomic E-state index is -0.832. The van der Waals surface area contributed by atoms with Crippen molar-refractivity contribution in [2.24, 2.45) is 0 Å². The number of aliphatic hydroxyl groups excluding tert-OH is 1. The Morgan fingerprint density at radius 1 is 1.09 bits per heavy atom. The van der Waals surface area contributed by atoms with Crippen LogP contribution >= 0.6 is 0 Å². The molecule has 3 N–H and O–H groups in total. The number of aryl methyl sites for hydroxylation is 1. The molecule has 0 radical (unpaired) electrons. The summed E-state index contributed by atoms with van der Waals surface area (Å²) in [5.41, 5.74) is 2.32. The fourth-order valence-corrected chi connectivity index (χ4v) is 2.09. The van der Waals surface area contributed by atoms with Crippen LogP contribution in [0.3, 0.4) is 0 Å². The summed E-state index contributed by atoms with van der Waals surface area (Å²) in [5, 5.41) is 14.1. The number of hydrogen-bond donors (Lipinski definition) is 3. The number of anilines is 1. The zero-order valence-electron chi connectivity index (χ0n) is 12.6. The van der Waals surface area contributed by atoms with E-state index in [9.17, 15) is 19.1 Å². The number of hydrogen-bond acceptors (Lipinski definition) is 3. The van der Waals surface area contributed by atoms with Gasteiger partial charge in [-0.1, -0.05) is 24.3 Å². The minimum absolute atomic E-state index is 0.130. The summed E-state index contributed by atoms with van der Waals surface area (Å²) in [5.74, 6) is -2.05. The first kappa shape index (κ1) is 16.6. The van der Waals surface area contributed by atoms with Gasteiger partial charge in [-0.2, -0.15) is 0 Å². The number of nitrogens with one attached hydrogen (secondary N) is 2. The zero-order chi connectivity index (χ0) is 16.8. The second kappa shape index (κ2) is 7.51. The van der Waals surface area contributed by atoms with Crippen LogP contribution in [0, 0.1) is 12.7 Å². The van der Waals surface area contributed by atoms with Crippen molar-refractivity contribution >= 4 is 17.5 Å². The molecule has 0 aliphatic rings. The fourth-order valence-electron chi connectivity index (χ4n) is 2.09. The molecular formula is C17H17FN2O3. The first-order valence-electron chi connectivity index (χ1n) is 7.04. The highest BCUT2D eigenvalue weighted by Crippen LogP contribution is 2.15. The van der Waals surface area contributed by atoms with E-state index in [0.717, 1.165) is 5.56 Å². The molecule has 23 heavy (non-hydrogen) atoms. The highest BCUT2D eigenvalue weighted by atomic mass is 19.1. The minimum Gasteiger partial charge on any atom is -0.392 e. The molecule has 0 aliphatic carbocycles. The lowest BCUT2D eigenvalue weighted by molar-refractivity contribution is -0.136. The number of halogens is 1. The van der Waals surface area contributed by atoms with E-state index >= 15 is 0 Å². The number of amides is 2. The Morgan fingerprint density at radius 3 is 2.43 bits per heavy atom. The topological polar surface area (TPSA) is 78.4 Å². The molecule has 0 spiro atoms. The van der Waals surface area contributed by atoms with Crippen molar-refractivity contribution in [1.29, 1.82) is 0 Å². The van der Waals surface area contributed by atoms with Crippen molar-refractivity contribution in [3.8, 4) is 0 Å². The third-order valence-corrected chi connectivity index (χ3v) is 3.37. The van der Waals surface area contributed by atoms with Gasteiger partial charge in [0, 0.05) is 12.2 Å². The summed E-state index contributed by atoms with van der Waals surface area (Å²) >= 11 is 0.